The van der Waals surface area contributed by atoms with Crippen LogP contribution in [-0.2, 0) is 0 Å². The van der Waals surface area contributed by atoms with Crippen molar-refractivity contribution in [2.24, 2.45) is 5.10 Å². The number of unbranched alkanes of at least 4 members (excludes halogenated alkanes) is 1. The van der Waals surface area contributed by atoms with Gasteiger partial charge >= 0.3 is 6.03 Å². The highest BCUT2D eigenvalue weighted by molar-refractivity contribution is 6.30. The van der Waals surface area contributed by atoms with Crippen LogP contribution in [0.25, 0.3) is 0 Å². The van der Waals surface area contributed by atoms with Gasteiger partial charge in [0.1, 0.15) is 0 Å². The highest BCUT2D eigenvalue weighted by Crippen LogP contribution is 2.28. The Kier molecular flexibility index (Phi) is 8.45. The smallest absolute Gasteiger partial charge is 0.339 e. The van der Waals surface area contributed by atoms with Gasteiger partial charge in [-0.3, -0.25) is 0 Å². The summed E-state index contributed by atoms with van der Waals surface area (Å²) in [7, 11) is 0. The summed E-state index contributed by atoms with van der Waals surface area (Å²) < 4.78 is 11.4. The fraction of sp³-hybridized carbons (Fsp3) is 0.300. The molecule has 2 rings (SSSR count). The first kappa shape index (κ1) is 20.6. The maximum Gasteiger partial charge on any atom is 0.339 e. The molecule has 2 N–H and O–H groups in total. The maximum absolute atomic E-state index is 11.8. The van der Waals surface area contributed by atoms with E-state index in [0.717, 1.165) is 18.4 Å². The van der Waals surface area contributed by atoms with E-state index in [4.69, 9.17) is 21.1 Å². The molecule has 0 saturated carbocycles. The Balaban J connectivity index is 1.93. The molecule has 0 aliphatic rings. The molecule has 0 radical (unpaired) electrons. The van der Waals surface area contributed by atoms with Gasteiger partial charge in [0, 0.05) is 10.7 Å². The monoisotopic (exact) mass is 389 g/mol. The predicted octanol–water partition coefficient (Wildman–Crippen LogP) is 5.07. The van der Waals surface area contributed by atoms with Crippen LogP contribution in [0.5, 0.6) is 11.5 Å². The van der Waals surface area contributed by atoms with Gasteiger partial charge in [-0.1, -0.05) is 24.9 Å². The van der Waals surface area contributed by atoms with Crippen LogP contribution in [0.4, 0.5) is 10.5 Å². The van der Waals surface area contributed by atoms with Crippen molar-refractivity contribution in [2.75, 3.05) is 18.5 Å². The van der Waals surface area contributed by atoms with Crippen LogP contribution in [0.2, 0.25) is 5.02 Å². The molecule has 6 nitrogen and oxygen atoms in total. The molecule has 0 bridgehead atoms. The summed E-state index contributed by atoms with van der Waals surface area (Å²) in [5, 5.41) is 7.21. The summed E-state index contributed by atoms with van der Waals surface area (Å²) in [4.78, 5) is 11.8. The summed E-state index contributed by atoms with van der Waals surface area (Å²) in [6, 6.07) is 11.9. The van der Waals surface area contributed by atoms with E-state index in [1.54, 1.807) is 30.5 Å². The number of nitrogens with zero attached hydrogens (tertiary/aromatic N) is 1. The van der Waals surface area contributed by atoms with Crippen molar-refractivity contribution < 1.29 is 14.3 Å². The lowest BCUT2D eigenvalue weighted by atomic mass is 10.2. The van der Waals surface area contributed by atoms with E-state index in [1.807, 2.05) is 25.1 Å². The number of carbonyl (C=O) groups excluding carboxylic acids is 1. The normalized spacial score (nSPS) is 10.6. The van der Waals surface area contributed by atoms with Gasteiger partial charge < -0.3 is 14.8 Å². The van der Waals surface area contributed by atoms with Gasteiger partial charge in [-0.15, -0.1) is 0 Å². The van der Waals surface area contributed by atoms with Crippen molar-refractivity contribution >= 4 is 29.5 Å². The minimum Gasteiger partial charge on any atom is -0.490 e. The zero-order valence-electron chi connectivity index (χ0n) is 15.5. The number of hydrogen-bond donors (Lipinski definition) is 2. The lowest BCUT2D eigenvalue weighted by Crippen LogP contribution is -2.24. The van der Waals surface area contributed by atoms with E-state index in [2.05, 4.69) is 22.8 Å². The Hall–Kier alpha value is -2.73. The Labute approximate surface area is 164 Å². The highest BCUT2D eigenvalue weighted by Gasteiger charge is 2.06. The number of urea groups is 1. The molecule has 0 unspecified atom stereocenters. The molecule has 27 heavy (non-hydrogen) atoms. The van der Waals surface area contributed by atoms with Crippen molar-refractivity contribution in [1.82, 2.24) is 5.43 Å². The summed E-state index contributed by atoms with van der Waals surface area (Å²) in [5.74, 6) is 1.36. The van der Waals surface area contributed by atoms with Crippen LogP contribution in [-0.4, -0.2) is 25.5 Å². The van der Waals surface area contributed by atoms with Crippen LogP contribution < -0.4 is 20.2 Å². The first-order valence-electron chi connectivity index (χ1n) is 8.87. The summed E-state index contributed by atoms with van der Waals surface area (Å²) in [6.45, 7) is 5.21. The quantitative estimate of drug-likeness (QED) is 0.357. The van der Waals surface area contributed by atoms with Crippen molar-refractivity contribution in [3.05, 3.63) is 53.1 Å². The van der Waals surface area contributed by atoms with Gasteiger partial charge in [-0.05, 0) is 61.4 Å². The van der Waals surface area contributed by atoms with Crippen molar-refractivity contribution in [3.63, 3.8) is 0 Å². The number of ether oxygens (including phenoxy) is 2. The third kappa shape index (κ3) is 7.19. The Morgan fingerprint density at radius 1 is 1.11 bits per heavy atom. The van der Waals surface area contributed by atoms with Crippen molar-refractivity contribution in [1.29, 1.82) is 0 Å². The van der Waals surface area contributed by atoms with E-state index < -0.39 is 6.03 Å². The molecule has 2 amide bonds. The fourth-order valence-corrected chi connectivity index (χ4v) is 2.30. The van der Waals surface area contributed by atoms with Gasteiger partial charge in [-0.2, -0.15) is 5.10 Å². The predicted molar refractivity (Wildman–Crippen MR) is 109 cm³/mol. The summed E-state index contributed by atoms with van der Waals surface area (Å²) in [6.07, 6.45) is 3.60. The highest BCUT2D eigenvalue weighted by atomic mass is 35.5. The number of nitrogens with one attached hydrogen (secondary N) is 2. The number of halogens is 1. The van der Waals surface area contributed by atoms with E-state index >= 15 is 0 Å². The van der Waals surface area contributed by atoms with Crippen molar-refractivity contribution in [2.45, 2.75) is 26.7 Å². The molecule has 0 spiro atoms. The van der Waals surface area contributed by atoms with Crippen LogP contribution in [0, 0.1) is 0 Å². The first-order chi connectivity index (χ1) is 13.1. The Morgan fingerprint density at radius 3 is 2.59 bits per heavy atom. The second-order valence-corrected chi connectivity index (χ2v) is 6.11. The standard InChI is InChI=1S/C20H24ClN3O3/c1-3-5-12-27-18-11-6-15(13-19(18)26-4-2)14-22-24-20(25)23-17-9-7-16(21)8-10-17/h6-11,13-14H,3-5,12H2,1-2H3,(H2,23,24,25)/b22-14-. The first-order valence-corrected chi connectivity index (χ1v) is 9.25. The SMILES string of the molecule is CCCCOc1ccc(/C=N\NC(=O)Nc2ccc(Cl)cc2)cc1OCC. The van der Waals surface area contributed by atoms with Crippen LogP contribution >= 0.6 is 11.6 Å². The lowest BCUT2D eigenvalue weighted by Gasteiger charge is -2.12. The zero-order valence-corrected chi connectivity index (χ0v) is 16.3. The maximum atomic E-state index is 11.8. The average Bonchev–Trinajstić information content (AvgIpc) is 2.66. The number of rotatable bonds is 9. The molecule has 0 fully saturated rings. The third-order valence-corrected chi connectivity index (χ3v) is 3.76. The Bertz CT molecular complexity index is 764. The molecule has 0 aliphatic heterocycles. The molecule has 2 aromatic carbocycles. The van der Waals surface area contributed by atoms with Crippen LogP contribution in [0.1, 0.15) is 32.3 Å². The van der Waals surface area contributed by atoms with Gasteiger partial charge in [0.15, 0.2) is 11.5 Å². The molecule has 0 aromatic heterocycles. The number of hydrogen-bond acceptors (Lipinski definition) is 4. The minimum atomic E-state index is -0.446. The van der Waals surface area contributed by atoms with Gasteiger partial charge in [0.25, 0.3) is 0 Å². The lowest BCUT2D eigenvalue weighted by molar-refractivity contribution is 0.252. The van der Waals surface area contributed by atoms with Gasteiger partial charge in [-0.25, -0.2) is 10.2 Å². The van der Waals surface area contributed by atoms with E-state index in [9.17, 15) is 4.79 Å². The Morgan fingerprint density at radius 2 is 1.89 bits per heavy atom. The molecule has 0 atom stereocenters. The summed E-state index contributed by atoms with van der Waals surface area (Å²) >= 11 is 5.81. The third-order valence-electron chi connectivity index (χ3n) is 3.50. The molecule has 144 valence electrons. The zero-order chi connectivity index (χ0) is 19.5. The second-order valence-electron chi connectivity index (χ2n) is 5.67. The number of amides is 2. The van der Waals surface area contributed by atoms with E-state index in [1.165, 1.54) is 0 Å². The number of anilines is 1. The number of carbonyl (C=O) groups is 1. The van der Waals surface area contributed by atoms with Gasteiger partial charge in [0.05, 0.1) is 19.4 Å². The van der Waals surface area contributed by atoms with Crippen LogP contribution in [0.15, 0.2) is 47.6 Å². The molecular weight excluding hydrogens is 366 g/mol. The molecule has 2 aromatic rings. The summed E-state index contributed by atoms with van der Waals surface area (Å²) in [5.41, 5.74) is 3.83. The van der Waals surface area contributed by atoms with Gasteiger partial charge in [0.2, 0.25) is 0 Å². The fourth-order valence-electron chi connectivity index (χ4n) is 2.18. The molecule has 0 saturated heterocycles. The second kappa shape index (κ2) is 11.1. The number of benzene rings is 2. The van der Waals surface area contributed by atoms with Crippen LogP contribution in [0.3, 0.4) is 0 Å². The molecular formula is C20H24ClN3O3. The average molecular weight is 390 g/mol. The minimum absolute atomic E-state index is 0.446. The number of hydrazone groups is 1. The molecule has 0 aliphatic carbocycles. The largest absolute Gasteiger partial charge is 0.490 e. The molecule has 7 heteroatoms. The van der Waals surface area contributed by atoms with Crippen molar-refractivity contribution in [3.8, 4) is 11.5 Å². The van der Waals surface area contributed by atoms with E-state index in [0.29, 0.717) is 35.4 Å². The van der Waals surface area contributed by atoms with E-state index in [-0.39, 0.29) is 0 Å². The topological polar surface area (TPSA) is 72.0 Å². The molecule has 0 heterocycles.